The summed E-state index contributed by atoms with van der Waals surface area (Å²) in [5.74, 6) is 0.813. The Morgan fingerprint density at radius 3 is 2.42 bits per heavy atom. The highest BCUT2D eigenvalue weighted by Crippen LogP contribution is 2.16. The molecule has 1 amide bonds. The molecule has 0 bridgehead atoms. The molecule has 0 aliphatic rings. The molecule has 1 heterocycles. The van der Waals surface area contributed by atoms with Gasteiger partial charge in [-0.15, -0.1) is 0 Å². The minimum Gasteiger partial charge on any atom is -0.492 e. The average molecular weight is 349 g/mol. The van der Waals surface area contributed by atoms with Gasteiger partial charge in [0.15, 0.2) is 0 Å². The first kappa shape index (κ1) is 17.7. The molecular weight excluding hydrogens is 326 g/mol. The van der Waals surface area contributed by atoms with Crippen molar-refractivity contribution in [3.8, 4) is 11.4 Å². The van der Waals surface area contributed by atoms with Gasteiger partial charge in [-0.1, -0.05) is 6.07 Å². The van der Waals surface area contributed by atoms with Gasteiger partial charge < -0.3 is 9.64 Å². The Kier molecular flexibility index (Phi) is 5.37. The highest BCUT2D eigenvalue weighted by Gasteiger charge is 2.12. The van der Waals surface area contributed by atoms with E-state index >= 15 is 0 Å². The largest absolute Gasteiger partial charge is 0.492 e. The third kappa shape index (κ3) is 4.30. The lowest BCUT2D eigenvalue weighted by molar-refractivity contribution is 0.0773. The number of nitrogens with zero attached hydrogens (tertiary/aromatic N) is 3. The van der Waals surface area contributed by atoms with Crippen molar-refractivity contribution in [1.82, 2.24) is 14.7 Å². The molecule has 2 aromatic carbocycles. The lowest BCUT2D eigenvalue weighted by atomic mass is 10.1. The van der Waals surface area contributed by atoms with Gasteiger partial charge in [-0.25, -0.2) is 4.68 Å². The van der Waals surface area contributed by atoms with Crippen LogP contribution < -0.4 is 4.74 Å². The van der Waals surface area contributed by atoms with Crippen LogP contribution in [0, 0.1) is 13.8 Å². The minimum absolute atomic E-state index is 0.0268. The van der Waals surface area contributed by atoms with Gasteiger partial charge in [-0.05, 0) is 67.4 Å². The fourth-order valence-corrected chi connectivity index (χ4v) is 2.82. The van der Waals surface area contributed by atoms with Gasteiger partial charge >= 0.3 is 0 Å². The van der Waals surface area contributed by atoms with Gasteiger partial charge in [0.25, 0.3) is 5.91 Å². The molecule has 0 aliphatic carbocycles. The highest BCUT2D eigenvalue weighted by molar-refractivity contribution is 5.94. The molecule has 0 N–H and O–H groups in total. The Morgan fingerprint density at radius 2 is 1.81 bits per heavy atom. The van der Waals surface area contributed by atoms with Crippen LogP contribution in [0.3, 0.4) is 0 Å². The number of aromatic nitrogens is 2. The van der Waals surface area contributed by atoms with Gasteiger partial charge in [0, 0.05) is 25.0 Å². The fraction of sp³-hybridized carbons (Fsp3) is 0.238. The zero-order chi connectivity index (χ0) is 18.5. The number of amides is 1. The summed E-state index contributed by atoms with van der Waals surface area (Å²) in [7, 11) is 1.79. The fourth-order valence-electron chi connectivity index (χ4n) is 2.82. The molecule has 3 aromatic rings. The van der Waals surface area contributed by atoms with Crippen molar-refractivity contribution in [2.45, 2.75) is 13.8 Å². The zero-order valence-electron chi connectivity index (χ0n) is 15.3. The first-order valence-corrected chi connectivity index (χ1v) is 8.59. The van der Waals surface area contributed by atoms with E-state index in [1.165, 1.54) is 11.1 Å². The molecule has 0 spiro atoms. The molecule has 0 unspecified atom stereocenters. The van der Waals surface area contributed by atoms with E-state index in [0.29, 0.717) is 18.7 Å². The van der Waals surface area contributed by atoms with Crippen molar-refractivity contribution in [2.75, 3.05) is 20.2 Å². The predicted octanol–water partition coefficient (Wildman–Crippen LogP) is 3.64. The summed E-state index contributed by atoms with van der Waals surface area (Å²) in [6.07, 6.45) is 3.59. The second kappa shape index (κ2) is 7.87. The van der Waals surface area contributed by atoms with E-state index in [2.05, 4.69) is 11.2 Å². The van der Waals surface area contributed by atoms with Crippen LogP contribution in [-0.2, 0) is 0 Å². The quantitative estimate of drug-likeness (QED) is 0.683. The molecule has 26 heavy (non-hydrogen) atoms. The summed E-state index contributed by atoms with van der Waals surface area (Å²) in [5.41, 5.74) is 3.91. The van der Waals surface area contributed by atoms with Gasteiger partial charge in [0.05, 0.1) is 12.2 Å². The number of likely N-dealkylation sites (N-methyl/N-ethyl adjacent to an activating group) is 1. The van der Waals surface area contributed by atoms with E-state index in [1.54, 1.807) is 22.8 Å². The summed E-state index contributed by atoms with van der Waals surface area (Å²) in [6, 6.07) is 15.4. The number of ether oxygens (including phenoxy) is 1. The molecule has 1 aromatic heterocycles. The molecule has 5 nitrogen and oxygen atoms in total. The van der Waals surface area contributed by atoms with E-state index in [0.717, 1.165) is 11.4 Å². The average Bonchev–Trinajstić information content (AvgIpc) is 3.15. The van der Waals surface area contributed by atoms with Crippen molar-refractivity contribution in [3.63, 3.8) is 0 Å². The van der Waals surface area contributed by atoms with E-state index in [9.17, 15) is 4.79 Å². The van der Waals surface area contributed by atoms with Crippen LogP contribution in [0.4, 0.5) is 0 Å². The number of hydrogen-bond acceptors (Lipinski definition) is 3. The smallest absolute Gasteiger partial charge is 0.253 e. The molecule has 0 saturated carbocycles. The summed E-state index contributed by atoms with van der Waals surface area (Å²) in [4.78, 5) is 14.2. The number of carbonyl (C=O) groups excluding carboxylic acids is 1. The number of hydrogen-bond donors (Lipinski definition) is 0. The van der Waals surface area contributed by atoms with Crippen molar-refractivity contribution < 1.29 is 9.53 Å². The Hall–Kier alpha value is -3.08. The number of carbonyl (C=O) groups is 1. The summed E-state index contributed by atoms with van der Waals surface area (Å²) in [6.45, 7) is 5.06. The number of benzene rings is 2. The van der Waals surface area contributed by atoms with Crippen LogP contribution in [0.1, 0.15) is 21.5 Å². The minimum atomic E-state index is -0.0268. The van der Waals surface area contributed by atoms with Gasteiger partial charge in [0.1, 0.15) is 12.4 Å². The Labute approximate surface area is 153 Å². The Bertz CT molecular complexity index is 851. The SMILES string of the molecule is Cc1cc(C)cc(OCCN(C)C(=O)c2ccc(-n3cccn3)cc2)c1. The van der Waals surface area contributed by atoms with Crippen molar-refractivity contribution in [1.29, 1.82) is 0 Å². The molecule has 0 aliphatic heterocycles. The number of rotatable bonds is 6. The molecule has 0 atom stereocenters. The van der Waals surface area contributed by atoms with Crippen molar-refractivity contribution in [3.05, 3.63) is 77.6 Å². The van der Waals surface area contributed by atoms with Crippen molar-refractivity contribution >= 4 is 5.91 Å². The molecule has 0 saturated heterocycles. The summed E-state index contributed by atoms with van der Waals surface area (Å²) >= 11 is 0. The first-order valence-electron chi connectivity index (χ1n) is 8.59. The van der Waals surface area contributed by atoms with Crippen LogP contribution in [0.25, 0.3) is 5.69 Å². The van der Waals surface area contributed by atoms with Gasteiger partial charge in [0.2, 0.25) is 0 Å². The Morgan fingerprint density at radius 1 is 1.12 bits per heavy atom. The third-order valence-electron chi connectivity index (χ3n) is 4.12. The van der Waals surface area contributed by atoms with Gasteiger partial charge in [-0.2, -0.15) is 5.10 Å². The second-order valence-corrected chi connectivity index (χ2v) is 6.40. The second-order valence-electron chi connectivity index (χ2n) is 6.40. The molecule has 0 fully saturated rings. The maximum atomic E-state index is 12.5. The molecule has 5 heteroatoms. The monoisotopic (exact) mass is 349 g/mol. The lowest BCUT2D eigenvalue weighted by Crippen LogP contribution is -2.30. The number of aryl methyl sites for hydroxylation is 2. The maximum Gasteiger partial charge on any atom is 0.253 e. The van der Waals surface area contributed by atoms with E-state index in [4.69, 9.17) is 4.74 Å². The highest BCUT2D eigenvalue weighted by atomic mass is 16.5. The topological polar surface area (TPSA) is 47.4 Å². The van der Waals surface area contributed by atoms with Crippen molar-refractivity contribution in [2.24, 2.45) is 0 Å². The van der Waals surface area contributed by atoms with E-state index in [-0.39, 0.29) is 5.91 Å². The molecule has 0 radical (unpaired) electrons. The maximum absolute atomic E-state index is 12.5. The van der Waals surface area contributed by atoms with Gasteiger partial charge in [-0.3, -0.25) is 4.79 Å². The van der Waals surface area contributed by atoms with Crippen LogP contribution in [-0.4, -0.2) is 40.8 Å². The molecule has 3 rings (SSSR count). The molecular formula is C21H23N3O2. The van der Waals surface area contributed by atoms with Crippen LogP contribution >= 0.6 is 0 Å². The van der Waals surface area contributed by atoms with E-state index in [1.807, 2.05) is 62.5 Å². The van der Waals surface area contributed by atoms with Crippen LogP contribution in [0.15, 0.2) is 60.9 Å². The summed E-state index contributed by atoms with van der Waals surface area (Å²) in [5, 5.41) is 4.18. The normalized spacial score (nSPS) is 10.6. The van der Waals surface area contributed by atoms with Crippen LogP contribution in [0.5, 0.6) is 5.75 Å². The zero-order valence-corrected chi connectivity index (χ0v) is 15.3. The predicted molar refractivity (Wildman–Crippen MR) is 102 cm³/mol. The van der Waals surface area contributed by atoms with Crippen LogP contribution in [0.2, 0.25) is 0 Å². The standard InChI is InChI=1S/C21H23N3O2/c1-16-13-17(2)15-20(14-16)26-12-11-23(3)21(25)18-5-7-19(8-6-18)24-10-4-9-22-24/h4-10,13-15H,11-12H2,1-3H3. The first-order chi connectivity index (χ1) is 12.5. The lowest BCUT2D eigenvalue weighted by Gasteiger charge is -2.18. The van der Waals surface area contributed by atoms with E-state index < -0.39 is 0 Å². The third-order valence-corrected chi connectivity index (χ3v) is 4.12. The Balaban J connectivity index is 1.55. The molecule has 134 valence electrons. The summed E-state index contributed by atoms with van der Waals surface area (Å²) < 4.78 is 7.55.